The fourth-order valence-corrected chi connectivity index (χ4v) is 2.65. The zero-order valence-electron chi connectivity index (χ0n) is 12.9. The molecule has 0 atom stereocenters. The molecule has 1 aliphatic rings. The minimum atomic E-state index is -1.25. The van der Waals surface area contributed by atoms with Gasteiger partial charge >= 0.3 is 11.9 Å². The summed E-state index contributed by atoms with van der Waals surface area (Å²) in [6.45, 7) is 8.57. The van der Waals surface area contributed by atoms with E-state index >= 15 is 0 Å². The van der Waals surface area contributed by atoms with Crippen LogP contribution in [0.4, 0.5) is 5.88 Å². The molecular formula is C15H18BrNO5. The first kappa shape index (κ1) is 16.6. The zero-order chi connectivity index (χ0) is 16.5. The molecule has 6 nitrogen and oxygen atoms in total. The molecule has 0 bridgehead atoms. The highest BCUT2D eigenvalue weighted by Gasteiger charge is 2.39. The summed E-state index contributed by atoms with van der Waals surface area (Å²) in [5.74, 6) is -1.68. The van der Waals surface area contributed by atoms with Crippen molar-refractivity contribution in [3.63, 3.8) is 0 Å². The van der Waals surface area contributed by atoms with Gasteiger partial charge in [0.25, 0.3) is 5.79 Å². The van der Waals surface area contributed by atoms with Gasteiger partial charge in [-0.3, -0.25) is 0 Å². The Morgan fingerprint density at radius 1 is 1.18 bits per heavy atom. The van der Waals surface area contributed by atoms with Gasteiger partial charge in [-0.15, -0.1) is 0 Å². The summed E-state index contributed by atoms with van der Waals surface area (Å²) >= 11 is 3.42. The van der Waals surface area contributed by atoms with E-state index in [-0.39, 0.29) is 5.57 Å². The number of furan rings is 1. The molecule has 0 spiro atoms. The van der Waals surface area contributed by atoms with Crippen molar-refractivity contribution in [2.24, 2.45) is 0 Å². The largest absolute Gasteiger partial charge is 0.440 e. The topological polar surface area (TPSA) is 69.0 Å². The van der Waals surface area contributed by atoms with Crippen LogP contribution < -0.4 is 4.90 Å². The van der Waals surface area contributed by atoms with Gasteiger partial charge in [-0.1, -0.05) is 0 Å². The number of nitrogens with zero attached hydrogens (tertiary/aromatic N) is 1. The average Bonchev–Trinajstić information content (AvgIpc) is 2.76. The van der Waals surface area contributed by atoms with Crippen molar-refractivity contribution < 1.29 is 23.5 Å². The van der Waals surface area contributed by atoms with Gasteiger partial charge in [0.1, 0.15) is 11.3 Å². The summed E-state index contributed by atoms with van der Waals surface area (Å²) in [7, 11) is 0. The highest BCUT2D eigenvalue weighted by atomic mass is 79.9. The van der Waals surface area contributed by atoms with Crippen LogP contribution in [0.15, 0.2) is 20.5 Å². The molecule has 0 aromatic carbocycles. The maximum Gasteiger partial charge on any atom is 0.348 e. The summed E-state index contributed by atoms with van der Waals surface area (Å²) in [4.78, 5) is 25.8. The number of anilines is 1. The van der Waals surface area contributed by atoms with Crippen LogP contribution in [0.3, 0.4) is 0 Å². The maximum absolute atomic E-state index is 11.9. The Morgan fingerprint density at radius 3 is 2.23 bits per heavy atom. The molecule has 22 heavy (non-hydrogen) atoms. The molecule has 0 radical (unpaired) electrons. The molecule has 1 fully saturated rings. The van der Waals surface area contributed by atoms with E-state index in [1.165, 1.54) is 19.9 Å². The predicted octanol–water partition coefficient (Wildman–Crippen LogP) is 3.11. The molecule has 120 valence electrons. The highest BCUT2D eigenvalue weighted by Crippen LogP contribution is 2.32. The van der Waals surface area contributed by atoms with E-state index in [2.05, 4.69) is 15.9 Å². The lowest BCUT2D eigenvalue weighted by molar-refractivity contribution is -0.222. The smallest absolute Gasteiger partial charge is 0.348 e. The Morgan fingerprint density at radius 2 is 1.73 bits per heavy atom. The van der Waals surface area contributed by atoms with Gasteiger partial charge in [0.05, 0.1) is 4.47 Å². The van der Waals surface area contributed by atoms with Crippen LogP contribution in [0.1, 0.15) is 33.5 Å². The molecule has 0 N–H and O–H groups in total. The molecule has 1 aromatic heterocycles. The molecular weight excluding hydrogens is 354 g/mol. The van der Waals surface area contributed by atoms with Crippen molar-refractivity contribution in [1.29, 1.82) is 0 Å². The molecule has 0 aliphatic carbocycles. The summed E-state index contributed by atoms with van der Waals surface area (Å²) < 4.78 is 16.5. The highest BCUT2D eigenvalue weighted by molar-refractivity contribution is 9.10. The molecule has 1 aliphatic heterocycles. The normalized spacial score (nSPS) is 17.0. The molecule has 0 amide bonds. The van der Waals surface area contributed by atoms with Gasteiger partial charge in [0.15, 0.2) is 0 Å². The number of hydrogen-bond acceptors (Lipinski definition) is 6. The van der Waals surface area contributed by atoms with Crippen molar-refractivity contribution in [1.82, 2.24) is 0 Å². The van der Waals surface area contributed by atoms with Crippen LogP contribution in [0.25, 0.3) is 6.08 Å². The Balaban J connectivity index is 2.32. The minimum Gasteiger partial charge on any atom is -0.440 e. The minimum absolute atomic E-state index is 0.188. The van der Waals surface area contributed by atoms with Crippen LogP contribution in [0, 0.1) is 0 Å². The van der Waals surface area contributed by atoms with E-state index < -0.39 is 17.7 Å². The third-order valence-corrected chi connectivity index (χ3v) is 3.71. The van der Waals surface area contributed by atoms with Gasteiger partial charge in [-0.2, -0.15) is 0 Å². The van der Waals surface area contributed by atoms with Gasteiger partial charge in [-0.05, 0) is 29.8 Å². The second-order valence-corrected chi connectivity index (χ2v) is 6.07. The van der Waals surface area contributed by atoms with Crippen molar-refractivity contribution in [2.45, 2.75) is 33.5 Å². The van der Waals surface area contributed by atoms with Crippen molar-refractivity contribution >= 4 is 39.8 Å². The van der Waals surface area contributed by atoms with Crippen LogP contribution in [0.2, 0.25) is 0 Å². The fraction of sp³-hybridized carbons (Fsp3) is 0.467. The lowest BCUT2D eigenvalue weighted by atomic mass is 10.2. The molecule has 7 heteroatoms. The van der Waals surface area contributed by atoms with Crippen LogP contribution >= 0.6 is 15.9 Å². The van der Waals surface area contributed by atoms with Crippen molar-refractivity contribution in [3.05, 3.63) is 21.9 Å². The first-order chi connectivity index (χ1) is 10.3. The molecule has 0 saturated carbocycles. The lowest BCUT2D eigenvalue weighted by Crippen LogP contribution is -2.41. The predicted molar refractivity (Wildman–Crippen MR) is 84.2 cm³/mol. The zero-order valence-corrected chi connectivity index (χ0v) is 14.5. The molecule has 1 aromatic rings. The van der Waals surface area contributed by atoms with Crippen molar-refractivity contribution in [2.75, 3.05) is 18.0 Å². The summed E-state index contributed by atoms with van der Waals surface area (Å²) in [6.07, 6.45) is 1.33. The number of ether oxygens (including phenoxy) is 2. The second kappa shape index (κ2) is 6.16. The van der Waals surface area contributed by atoms with E-state index in [0.717, 1.165) is 17.6 Å². The van der Waals surface area contributed by atoms with E-state index in [4.69, 9.17) is 13.9 Å². The second-order valence-electron chi connectivity index (χ2n) is 5.21. The Labute approximate surface area is 137 Å². The Kier molecular flexibility index (Phi) is 4.65. The van der Waals surface area contributed by atoms with E-state index in [0.29, 0.717) is 11.6 Å². The molecule has 1 saturated heterocycles. The maximum atomic E-state index is 11.9. The van der Waals surface area contributed by atoms with Gasteiger partial charge in [0, 0.05) is 39.1 Å². The quantitative estimate of drug-likeness (QED) is 0.460. The molecule has 2 rings (SSSR count). The first-order valence-electron chi connectivity index (χ1n) is 7.00. The van der Waals surface area contributed by atoms with Crippen LogP contribution in [-0.4, -0.2) is 30.8 Å². The third kappa shape index (κ3) is 3.35. The van der Waals surface area contributed by atoms with E-state index in [1.54, 1.807) is 6.07 Å². The summed E-state index contributed by atoms with van der Waals surface area (Å²) in [6, 6.07) is 1.70. The Bertz CT molecular complexity index is 606. The number of carbonyl (C=O) groups excluding carboxylic acids is 2. The molecule has 2 heterocycles. The van der Waals surface area contributed by atoms with Gasteiger partial charge in [-0.25, -0.2) is 9.59 Å². The number of esters is 2. The lowest BCUT2D eigenvalue weighted by Gasteiger charge is -2.29. The fourth-order valence-electron chi connectivity index (χ4n) is 2.09. The third-order valence-electron chi connectivity index (χ3n) is 3.14. The van der Waals surface area contributed by atoms with Crippen molar-refractivity contribution in [3.8, 4) is 0 Å². The van der Waals surface area contributed by atoms with E-state index in [9.17, 15) is 9.59 Å². The van der Waals surface area contributed by atoms with Crippen LogP contribution in [0.5, 0.6) is 0 Å². The number of cyclic esters (lactones) is 2. The monoisotopic (exact) mass is 371 g/mol. The van der Waals surface area contributed by atoms with Gasteiger partial charge < -0.3 is 18.8 Å². The molecule has 0 unspecified atom stereocenters. The van der Waals surface area contributed by atoms with Gasteiger partial charge in [0.2, 0.25) is 5.88 Å². The SMILES string of the molecule is CCN(CC)c1oc(C=C2C(=O)OC(C)(C)OC2=O)cc1Br. The Hall–Kier alpha value is -1.76. The average molecular weight is 372 g/mol. The summed E-state index contributed by atoms with van der Waals surface area (Å²) in [5, 5.41) is 0. The number of carbonyl (C=O) groups is 2. The number of hydrogen-bond donors (Lipinski definition) is 0. The first-order valence-corrected chi connectivity index (χ1v) is 7.79. The number of rotatable bonds is 4. The summed E-state index contributed by atoms with van der Waals surface area (Å²) in [5.41, 5.74) is -0.188. The van der Waals surface area contributed by atoms with E-state index in [1.807, 2.05) is 18.7 Å². The number of halogens is 1. The standard InChI is InChI=1S/C15H18BrNO5/c1-5-17(6-2)12-11(16)8-9(20-12)7-10-13(18)21-15(3,4)22-14(10)19/h7-8H,5-6H2,1-4H3. The van der Waals surface area contributed by atoms with Crippen LogP contribution in [-0.2, 0) is 19.1 Å².